The van der Waals surface area contributed by atoms with E-state index >= 15 is 0 Å². The number of carbonyl (C=O) groups excluding carboxylic acids is 1. The van der Waals surface area contributed by atoms with Gasteiger partial charge < -0.3 is 10.1 Å². The first-order chi connectivity index (χ1) is 12.2. The van der Waals surface area contributed by atoms with Crippen molar-refractivity contribution in [2.45, 2.75) is 18.7 Å². The van der Waals surface area contributed by atoms with Crippen LogP contribution in [0.15, 0.2) is 52.4 Å². The number of anilines is 1. The van der Waals surface area contributed by atoms with E-state index in [1.165, 1.54) is 12.1 Å². The Morgan fingerprint density at radius 1 is 1.08 bits per heavy atom. The van der Waals surface area contributed by atoms with Gasteiger partial charge in [-0.1, -0.05) is 17.7 Å². The first kappa shape index (κ1) is 19.6. The molecule has 5 nitrogen and oxygen atoms in total. The third kappa shape index (κ3) is 4.08. The van der Waals surface area contributed by atoms with Crippen molar-refractivity contribution in [2.75, 3.05) is 12.4 Å². The minimum Gasteiger partial charge on any atom is -0.465 e. The summed E-state index contributed by atoms with van der Waals surface area (Å²) >= 11 is 0. The molecule has 0 saturated carbocycles. The minimum atomic E-state index is -4.19. The summed E-state index contributed by atoms with van der Waals surface area (Å²) in [5.74, 6) is -3.24. The molecule has 138 valence electrons. The van der Waals surface area contributed by atoms with Gasteiger partial charge in [0.05, 0.1) is 12.0 Å². The largest absolute Gasteiger partial charge is 0.465 e. The summed E-state index contributed by atoms with van der Waals surface area (Å²) in [6.07, 6.45) is 0.896. The molecule has 0 spiro atoms. The first-order valence-electron chi connectivity index (χ1n) is 7.49. The summed E-state index contributed by atoms with van der Waals surface area (Å²) in [6, 6.07) is 7.59. The Bertz CT molecular complexity index is 985. The molecule has 0 bridgehead atoms. The average Bonchev–Trinajstić information content (AvgIpc) is 2.57. The highest BCUT2D eigenvalue weighted by molar-refractivity contribution is 7.96. The number of rotatable bonds is 5. The number of carbonyl (C=O) groups is 1. The number of methoxy groups -OCH3 is 1. The lowest BCUT2D eigenvalue weighted by Crippen LogP contribution is -2.17. The van der Waals surface area contributed by atoms with Crippen molar-refractivity contribution in [1.29, 1.82) is 0 Å². The van der Waals surface area contributed by atoms with E-state index in [4.69, 9.17) is 0 Å². The van der Waals surface area contributed by atoms with Crippen molar-refractivity contribution in [3.05, 3.63) is 70.3 Å². The summed E-state index contributed by atoms with van der Waals surface area (Å²) in [5.41, 5.74) is 1.40. The summed E-state index contributed by atoms with van der Waals surface area (Å²) in [7, 11) is -3.15. The number of esters is 1. The molecule has 0 unspecified atom stereocenters. The fraction of sp³-hybridized carbons (Fsp3) is 0.167. The van der Waals surface area contributed by atoms with Crippen LogP contribution in [-0.4, -0.2) is 21.5 Å². The smallest absolute Gasteiger partial charge is 0.351 e. The van der Waals surface area contributed by atoms with E-state index in [9.17, 15) is 22.0 Å². The highest BCUT2D eigenvalue weighted by Gasteiger charge is 2.29. The van der Waals surface area contributed by atoms with Gasteiger partial charge in [-0.25, -0.2) is 22.0 Å². The molecule has 0 atom stereocenters. The van der Waals surface area contributed by atoms with Crippen LogP contribution in [0, 0.1) is 25.5 Å². The fourth-order valence-electron chi connectivity index (χ4n) is 2.30. The molecule has 8 heteroatoms. The van der Waals surface area contributed by atoms with Gasteiger partial charge in [-0.05, 0) is 37.6 Å². The lowest BCUT2D eigenvalue weighted by Gasteiger charge is -2.11. The molecule has 2 aromatic carbocycles. The average molecular weight is 381 g/mol. The van der Waals surface area contributed by atoms with Crippen LogP contribution in [0.1, 0.15) is 11.1 Å². The zero-order valence-electron chi connectivity index (χ0n) is 14.3. The van der Waals surface area contributed by atoms with E-state index in [2.05, 4.69) is 10.1 Å². The summed E-state index contributed by atoms with van der Waals surface area (Å²) in [4.78, 5) is 11.3. The molecular weight excluding hydrogens is 364 g/mol. The van der Waals surface area contributed by atoms with Crippen LogP contribution in [0.5, 0.6) is 0 Å². The van der Waals surface area contributed by atoms with Gasteiger partial charge in [0.15, 0.2) is 16.5 Å². The third-order valence-corrected chi connectivity index (χ3v) is 5.49. The number of sulfone groups is 1. The van der Waals surface area contributed by atoms with Crippen LogP contribution in [-0.2, 0) is 19.4 Å². The third-order valence-electron chi connectivity index (χ3n) is 3.59. The van der Waals surface area contributed by atoms with Crippen molar-refractivity contribution in [3.8, 4) is 0 Å². The van der Waals surface area contributed by atoms with Gasteiger partial charge in [0.2, 0.25) is 9.84 Å². The molecule has 2 aromatic rings. The molecule has 0 heterocycles. The summed E-state index contributed by atoms with van der Waals surface area (Å²) < 4.78 is 56.5. The number of aryl methyl sites for hydroxylation is 2. The van der Waals surface area contributed by atoms with E-state index in [0.717, 1.165) is 31.0 Å². The second-order valence-corrected chi connectivity index (χ2v) is 7.43. The Morgan fingerprint density at radius 2 is 1.77 bits per heavy atom. The van der Waals surface area contributed by atoms with Gasteiger partial charge in [0, 0.05) is 18.0 Å². The predicted octanol–water partition coefficient (Wildman–Crippen LogP) is 3.48. The standard InChI is InChI=1S/C18H17F2NO4S/c1-11-4-7-16(12(2)8-11)26(23,24)17(18(22)25-3)10-21-13-5-6-14(19)15(20)9-13/h4-10,21H,1-3H3/b17-10+. The Morgan fingerprint density at radius 3 is 2.35 bits per heavy atom. The van der Waals surface area contributed by atoms with Gasteiger partial charge in [-0.15, -0.1) is 0 Å². The maximum Gasteiger partial charge on any atom is 0.351 e. The Kier molecular flexibility index (Phi) is 5.76. The Hall–Kier alpha value is -2.74. The molecule has 0 aliphatic carbocycles. The number of benzene rings is 2. The van der Waals surface area contributed by atoms with Crippen LogP contribution in [0.3, 0.4) is 0 Å². The molecule has 0 aliphatic heterocycles. The fourth-order valence-corrected chi connectivity index (χ4v) is 3.78. The maximum absolute atomic E-state index is 13.3. The molecule has 0 radical (unpaired) electrons. The highest BCUT2D eigenvalue weighted by Crippen LogP contribution is 2.25. The minimum absolute atomic E-state index is 0.0492. The Labute approximate surface area is 150 Å². The zero-order valence-corrected chi connectivity index (χ0v) is 15.2. The highest BCUT2D eigenvalue weighted by atomic mass is 32.2. The van der Waals surface area contributed by atoms with E-state index in [-0.39, 0.29) is 10.6 Å². The molecule has 0 fully saturated rings. The molecular formula is C18H17F2NO4S. The number of halogens is 2. The van der Waals surface area contributed by atoms with Crippen molar-refractivity contribution < 1.29 is 26.7 Å². The molecule has 1 N–H and O–H groups in total. The van der Waals surface area contributed by atoms with E-state index in [1.807, 2.05) is 6.92 Å². The second-order valence-electron chi connectivity index (χ2n) is 5.55. The molecule has 0 saturated heterocycles. The van der Waals surface area contributed by atoms with Crippen molar-refractivity contribution >= 4 is 21.5 Å². The molecule has 0 aliphatic rings. The number of hydrogen-bond acceptors (Lipinski definition) is 5. The van der Waals surface area contributed by atoms with Crippen molar-refractivity contribution in [2.24, 2.45) is 0 Å². The van der Waals surface area contributed by atoms with Gasteiger partial charge in [0.25, 0.3) is 0 Å². The van der Waals surface area contributed by atoms with E-state index in [1.54, 1.807) is 19.1 Å². The second kappa shape index (κ2) is 7.65. The zero-order chi connectivity index (χ0) is 19.5. The van der Waals surface area contributed by atoms with Crippen LogP contribution in [0.25, 0.3) is 0 Å². The van der Waals surface area contributed by atoms with Crippen LogP contribution >= 0.6 is 0 Å². The SMILES string of the molecule is COC(=O)/C(=C\Nc1ccc(F)c(F)c1)S(=O)(=O)c1ccc(C)cc1C. The summed E-state index contributed by atoms with van der Waals surface area (Å²) in [6.45, 7) is 3.42. The van der Waals surface area contributed by atoms with Crippen LogP contribution in [0.4, 0.5) is 14.5 Å². The van der Waals surface area contributed by atoms with Gasteiger partial charge in [-0.3, -0.25) is 0 Å². The summed E-state index contributed by atoms with van der Waals surface area (Å²) in [5, 5.41) is 2.49. The molecule has 26 heavy (non-hydrogen) atoms. The normalized spacial score (nSPS) is 12.0. The lowest BCUT2D eigenvalue weighted by molar-refractivity contribution is -0.135. The first-order valence-corrected chi connectivity index (χ1v) is 8.97. The number of ether oxygens (including phenoxy) is 1. The van der Waals surface area contributed by atoms with Gasteiger partial charge >= 0.3 is 5.97 Å². The predicted molar refractivity (Wildman–Crippen MR) is 93.2 cm³/mol. The lowest BCUT2D eigenvalue weighted by atomic mass is 10.2. The van der Waals surface area contributed by atoms with Crippen molar-refractivity contribution in [1.82, 2.24) is 0 Å². The maximum atomic E-state index is 13.3. The molecule has 2 rings (SSSR count). The Balaban J connectivity index is 2.49. The number of nitrogens with one attached hydrogen (secondary N) is 1. The topological polar surface area (TPSA) is 72.5 Å². The molecule has 0 aromatic heterocycles. The van der Waals surface area contributed by atoms with Crippen LogP contribution < -0.4 is 5.32 Å². The quantitative estimate of drug-likeness (QED) is 0.634. The van der Waals surface area contributed by atoms with Gasteiger partial charge in [0.1, 0.15) is 0 Å². The molecule has 0 amide bonds. The van der Waals surface area contributed by atoms with E-state index in [0.29, 0.717) is 5.56 Å². The number of hydrogen-bond donors (Lipinski definition) is 1. The van der Waals surface area contributed by atoms with Gasteiger partial charge in [-0.2, -0.15) is 0 Å². The van der Waals surface area contributed by atoms with Crippen LogP contribution in [0.2, 0.25) is 0 Å². The van der Waals surface area contributed by atoms with Crippen molar-refractivity contribution in [3.63, 3.8) is 0 Å². The van der Waals surface area contributed by atoms with E-state index < -0.39 is 32.3 Å². The monoisotopic (exact) mass is 381 g/mol.